The minimum Gasteiger partial charge on any atom is -0.496 e. The fraction of sp³-hybridized carbons (Fsp3) is 0.571. The second-order valence-electron chi connectivity index (χ2n) is 8.32. The number of nitrogens with zero attached hydrogens (tertiary/aromatic N) is 1. The van der Waals surface area contributed by atoms with Crippen molar-refractivity contribution in [2.24, 2.45) is 4.99 Å². The smallest absolute Gasteiger partial charge is 0.408 e. The minimum absolute atomic E-state index is 0.352. The number of guanidine groups is 1. The minimum atomic E-state index is -0.571. The third kappa shape index (κ3) is 8.59. The van der Waals surface area contributed by atoms with Gasteiger partial charge in [0.25, 0.3) is 0 Å². The number of carbonyl (C=O) groups is 2. The van der Waals surface area contributed by atoms with Gasteiger partial charge in [0.05, 0.1) is 19.8 Å². The quantitative estimate of drug-likeness (QED) is 0.352. The molecule has 9 heteroatoms. The maximum absolute atomic E-state index is 12.0. The van der Waals surface area contributed by atoms with Crippen LogP contribution in [0.2, 0.25) is 0 Å². The van der Waals surface area contributed by atoms with Crippen molar-refractivity contribution in [1.29, 1.82) is 0 Å². The van der Waals surface area contributed by atoms with Crippen LogP contribution in [0.15, 0.2) is 23.2 Å². The molecule has 0 heterocycles. The molecule has 0 saturated heterocycles. The average Bonchev–Trinajstić information content (AvgIpc) is 2.65. The van der Waals surface area contributed by atoms with Crippen molar-refractivity contribution < 1.29 is 23.8 Å². The number of esters is 1. The van der Waals surface area contributed by atoms with Crippen LogP contribution in [-0.4, -0.2) is 57.0 Å². The van der Waals surface area contributed by atoms with E-state index in [1.165, 1.54) is 14.2 Å². The van der Waals surface area contributed by atoms with Crippen LogP contribution in [0.4, 0.5) is 4.79 Å². The number of hydrogen-bond acceptors (Lipinski definition) is 6. The van der Waals surface area contributed by atoms with Gasteiger partial charge in [-0.05, 0) is 52.3 Å². The summed E-state index contributed by atoms with van der Waals surface area (Å²) in [5, 5.41) is 9.18. The summed E-state index contributed by atoms with van der Waals surface area (Å²) in [5.41, 5.74) is 0.0697. The van der Waals surface area contributed by atoms with E-state index in [1.54, 1.807) is 19.2 Å². The lowest BCUT2D eigenvalue weighted by Crippen LogP contribution is -2.54. The van der Waals surface area contributed by atoms with E-state index in [4.69, 9.17) is 14.2 Å². The molecule has 0 saturated carbocycles. The average molecular weight is 423 g/mol. The molecule has 1 amide bonds. The summed E-state index contributed by atoms with van der Waals surface area (Å²) < 4.78 is 15.3. The maximum atomic E-state index is 12.0. The first-order valence-corrected chi connectivity index (χ1v) is 9.61. The molecule has 0 spiro atoms. The zero-order valence-electron chi connectivity index (χ0n) is 19.1. The molecule has 0 radical (unpaired) electrons. The Morgan fingerprint density at radius 2 is 1.73 bits per heavy atom. The maximum Gasteiger partial charge on any atom is 0.408 e. The molecule has 0 aromatic heterocycles. The Balaban J connectivity index is 2.67. The van der Waals surface area contributed by atoms with Crippen LogP contribution < -0.4 is 20.7 Å². The number of hydrogen-bond donors (Lipinski definition) is 3. The Bertz CT molecular complexity index is 769. The highest BCUT2D eigenvalue weighted by atomic mass is 16.6. The van der Waals surface area contributed by atoms with E-state index in [9.17, 15) is 9.59 Å². The van der Waals surface area contributed by atoms with Crippen LogP contribution in [0.25, 0.3) is 0 Å². The summed E-state index contributed by atoms with van der Waals surface area (Å²) in [6, 6.07) is 5.27. The van der Waals surface area contributed by atoms with Crippen molar-refractivity contribution >= 4 is 18.0 Å². The number of methoxy groups -OCH3 is 2. The molecule has 168 valence electrons. The topological polar surface area (TPSA) is 110 Å². The number of carbonyl (C=O) groups excluding carboxylic acids is 2. The van der Waals surface area contributed by atoms with Gasteiger partial charge in [-0.1, -0.05) is 6.07 Å². The lowest BCUT2D eigenvalue weighted by molar-refractivity contribution is 0.0473. The van der Waals surface area contributed by atoms with E-state index in [1.807, 2.05) is 40.7 Å². The molecule has 3 N–H and O–H groups in total. The van der Waals surface area contributed by atoms with Gasteiger partial charge < -0.3 is 30.2 Å². The van der Waals surface area contributed by atoms with Gasteiger partial charge in [0.2, 0.25) is 0 Å². The summed E-state index contributed by atoms with van der Waals surface area (Å²) in [7, 11) is 4.47. The summed E-state index contributed by atoms with van der Waals surface area (Å²) in [5.74, 6) is 0.527. The second-order valence-corrected chi connectivity index (χ2v) is 8.32. The highest BCUT2D eigenvalue weighted by Gasteiger charge is 2.24. The Hall–Kier alpha value is -2.97. The van der Waals surface area contributed by atoms with Crippen molar-refractivity contribution in [3.05, 3.63) is 29.3 Å². The summed E-state index contributed by atoms with van der Waals surface area (Å²) >= 11 is 0. The van der Waals surface area contributed by atoms with Crippen LogP contribution in [0.5, 0.6) is 5.75 Å². The molecule has 1 aromatic rings. The van der Waals surface area contributed by atoms with Crippen LogP contribution in [-0.2, 0) is 16.0 Å². The third-order valence-corrected chi connectivity index (χ3v) is 3.89. The summed E-state index contributed by atoms with van der Waals surface area (Å²) in [4.78, 5) is 28.1. The fourth-order valence-electron chi connectivity index (χ4n) is 2.47. The van der Waals surface area contributed by atoms with Gasteiger partial charge in [-0.15, -0.1) is 0 Å². The lowest BCUT2D eigenvalue weighted by Gasteiger charge is -2.29. The van der Waals surface area contributed by atoms with Gasteiger partial charge in [-0.2, -0.15) is 0 Å². The van der Waals surface area contributed by atoms with E-state index < -0.39 is 23.2 Å². The second kappa shape index (κ2) is 10.7. The highest BCUT2D eigenvalue weighted by Crippen LogP contribution is 2.20. The lowest BCUT2D eigenvalue weighted by atomic mass is 10.1. The van der Waals surface area contributed by atoms with Gasteiger partial charge >= 0.3 is 12.1 Å². The first-order valence-electron chi connectivity index (χ1n) is 9.61. The number of benzene rings is 1. The Kier molecular flexibility index (Phi) is 8.94. The number of alkyl carbamates (subject to hydrolysis) is 1. The molecule has 1 aromatic carbocycles. The monoisotopic (exact) mass is 422 g/mol. The molecular weight excluding hydrogens is 388 g/mol. The molecule has 0 bridgehead atoms. The normalized spacial score (nSPS) is 12.1. The number of aliphatic imine (C=N–C) groups is 1. The van der Waals surface area contributed by atoms with E-state index in [0.717, 1.165) is 5.56 Å². The Morgan fingerprint density at radius 3 is 2.27 bits per heavy atom. The van der Waals surface area contributed by atoms with E-state index in [-0.39, 0.29) is 0 Å². The van der Waals surface area contributed by atoms with E-state index >= 15 is 0 Å². The van der Waals surface area contributed by atoms with E-state index in [0.29, 0.717) is 30.4 Å². The first kappa shape index (κ1) is 25.1. The number of ether oxygens (including phenoxy) is 3. The molecule has 0 unspecified atom stereocenters. The summed E-state index contributed by atoms with van der Waals surface area (Å²) in [6.45, 7) is 10.0. The SMILES string of the molecule is CN=C(NCc1ccc(OC)c(C(=O)OC)c1)NCC(C)(C)NC(=O)OC(C)(C)C. The van der Waals surface area contributed by atoms with Crippen LogP contribution in [0.1, 0.15) is 50.5 Å². The summed E-state index contributed by atoms with van der Waals surface area (Å²) in [6.07, 6.45) is -0.481. The molecule has 0 aliphatic rings. The third-order valence-electron chi connectivity index (χ3n) is 3.89. The zero-order chi connectivity index (χ0) is 22.9. The predicted octanol–water partition coefficient (Wildman–Crippen LogP) is 2.45. The van der Waals surface area contributed by atoms with Crippen LogP contribution in [0, 0.1) is 0 Å². The molecule has 1 rings (SSSR count). The van der Waals surface area contributed by atoms with Gasteiger partial charge in [0.15, 0.2) is 5.96 Å². The van der Waals surface area contributed by atoms with Gasteiger partial charge in [-0.3, -0.25) is 4.99 Å². The predicted molar refractivity (Wildman–Crippen MR) is 116 cm³/mol. The molecule has 0 atom stereocenters. The van der Waals surface area contributed by atoms with E-state index in [2.05, 4.69) is 20.9 Å². The molecule has 0 fully saturated rings. The Morgan fingerprint density at radius 1 is 1.07 bits per heavy atom. The standard InChI is InChI=1S/C21H34N4O5/c1-20(2,3)30-19(27)25-21(4,5)13-24-18(22-6)23-12-14-9-10-16(28-7)15(11-14)17(26)29-8/h9-11H,12-13H2,1-8H3,(H,25,27)(H2,22,23,24). The van der Waals surface area contributed by atoms with Crippen molar-refractivity contribution in [2.75, 3.05) is 27.8 Å². The largest absolute Gasteiger partial charge is 0.496 e. The van der Waals surface area contributed by atoms with Crippen molar-refractivity contribution in [2.45, 2.75) is 52.3 Å². The van der Waals surface area contributed by atoms with Crippen molar-refractivity contribution in [3.8, 4) is 5.75 Å². The first-order chi connectivity index (χ1) is 13.9. The molecule has 9 nitrogen and oxygen atoms in total. The number of nitrogens with one attached hydrogen (secondary N) is 3. The highest BCUT2D eigenvalue weighted by molar-refractivity contribution is 5.92. The van der Waals surface area contributed by atoms with Crippen LogP contribution in [0.3, 0.4) is 0 Å². The molecular formula is C21H34N4O5. The molecule has 30 heavy (non-hydrogen) atoms. The van der Waals surface area contributed by atoms with Gasteiger partial charge in [0.1, 0.15) is 16.9 Å². The molecule has 0 aliphatic heterocycles. The van der Waals surface area contributed by atoms with Gasteiger partial charge in [0, 0.05) is 20.1 Å². The van der Waals surface area contributed by atoms with Crippen molar-refractivity contribution in [3.63, 3.8) is 0 Å². The van der Waals surface area contributed by atoms with Crippen LogP contribution >= 0.6 is 0 Å². The fourth-order valence-corrected chi connectivity index (χ4v) is 2.47. The van der Waals surface area contributed by atoms with Crippen molar-refractivity contribution in [1.82, 2.24) is 16.0 Å². The zero-order valence-corrected chi connectivity index (χ0v) is 19.1. The Labute approximate surface area is 178 Å². The number of amides is 1. The van der Waals surface area contributed by atoms with Gasteiger partial charge in [-0.25, -0.2) is 9.59 Å². The molecule has 0 aliphatic carbocycles. The number of rotatable bonds is 7.